The topological polar surface area (TPSA) is 29.0 Å². The van der Waals surface area contributed by atoms with Gasteiger partial charge in [-0.05, 0) is 36.2 Å². The Morgan fingerprint density at radius 3 is 2.46 bits per heavy atom. The van der Waals surface area contributed by atoms with Crippen molar-refractivity contribution in [1.82, 2.24) is 9.97 Å². The number of anilines is 2. The monoisotopic (exact) mass is 403 g/mol. The maximum Gasteiger partial charge on any atom is 0.420 e. The SMILES string of the molecule is CCCc1cccc(N(C)c2ncc(C(F)(F)F)c(Sc3ccccc3)n2)c1. The van der Waals surface area contributed by atoms with Crippen molar-refractivity contribution in [2.24, 2.45) is 0 Å². The molecule has 28 heavy (non-hydrogen) atoms. The Hall–Kier alpha value is -2.54. The van der Waals surface area contributed by atoms with E-state index in [4.69, 9.17) is 0 Å². The second kappa shape index (κ2) is 8.65. The minimum Gasteiger partial charge on any atom is -0.314 e. The van der Waals surface area contributed by atoms with Gasteiger partial charge in [0, 0.05) is 23.8 Å². The average molecular weight is 403 g/mol. The van der Waals surface area contributed by atoms with E-state index in [-0.39, 0.29) is 11.0 Å². The first-order valence-corrected chi connectivity index (χ1v) is 9.70. The van der Waals surface area contributed by atoms with Crippen molar-refractivity contribution in [1.29, 1.82) is 0 Å². The van der Waals surface area contributed by atoms with Crippen molar-refractivity contribution in [3.8, 4) is 0 Å². The van der Waals surface area contributed by atoms with Crippen molar-refractivity contribution in [3.05, 3.63) is 71.9 Å². The molecule has 1 heterocycles. The Labute approximate surface area is 166 Å². The van der Waals surface area contributed by atoms with Gasteiger partial charge in [-0.1, -0.05) is 55.4 Å². The lowest BCUT2D eigenvalue weighted by Crippen LogP contribution is -2.16. The molecule has 0 radical (unpaired) electrons. The first kappa shape index (κ1) is 20.2. The first-order chi connectivity index (χ1) is 13.4. The third-order valence-electron chi connectivity index (χ3n) is 4.14. The fourth-order valence-corrected chi connectivity index (χ4v) is 3.64. The number of halogens is 3. The normalized spacial score (nSPS) is 11.5. The molecule has 0 bridgehead atoms. The van der Waals surface area contributed by atoms with E-state index in [2.05, 4.69) is 16.9 Å². The lowest BCUT2D eigenvalue weighted by molar-refractivity contribution is -0.140. The average Bonchev–Trinajstić information content (AvgIpc) is 2.68. The number of rotatable bonds is 6. The lowest BCUT2D eigenvalue weighted by Gasteiger charge is -2.20. The van der Waals surface area contributed by atoms with Crippen LogP contribution >= 0.6 is 11.8 Å². The van der Waals surface area contributed by atoms with Gasteiger partial charge in [0.2, 0.25) is 5.95 Å². The Bertz CT molecular complexity index is 930. The van der Waals surface area contributed by atoms with E-state index in [0.717, 1.165) is 42.1 Å². The number of alkyl halides is 3. The van der Waals surface area contributed by atoms with Crippen LogP contribution in [0.15, 0.2) is 70.7 Å². The van der Waals surface area contributed by atoms with Gasteiger partial charge >= 0.3 is 6.18 Å². The maximum absolute atomic E-state index is 13.4. The standard InChI is InChI=1S/C21H20F3N3S/c1-3-8-15-9-7-10-16(13-15)27(2)20-25-14-18(21(22,23)24)19(26-20)28-17-11-5-4-6-12-17/h4-7,9-14H,3,8H2,1-2H3. The summed E-state index contributed by atoms with van der Waals surface area (Å²) in [5.74, 6) is 0.222. The molecule has 3 nitrogen and oxygen atoms in total. The van der Waals surface area contributed by atoms with E-state index in [1.165, 1.54) is 0 Å². The fourth-order valence-electron chi connectivity index (χ4n) is 2.72. The fraction of sp³-hybridized carbons (Fsp3) is 0.238. The third kappa shape index (κ3) is 4.84. The third-order valence-corrected chi connectivity index (χ3v) is 5.15. The summed E-state index contributed by atoms with van der Waals surface area (Å²) in [4.78, 5) is 10.6. The van der Waals surface area contributed by atoms with Gasteiger partial charge in [0.05, 0.1) is 0 Å². The molecule has 0 atom stereocenters. The molecule has 0 saturated carbocycles. The van der Waals surface area contributed by atoms with E-state index in [1.807, 2.05) is 30.3 Å². The Balaban J connectivity index is 1.98. The van der Waals surface area contributed by atoms with Crippen LogP contribution in [-0.2, 0) is 12.6 Å². The molecule has 7 heteroatoms. The van der Waals surface area contributed by atoms with Gasteiger partial charge in [0.25, 0.3) is 0 Å². The highest BCUT2D eigenvalue weighted by Crippen LogP contribution is 2.39. The molecule has 0 fully saturated rings. The summed E-state index contributed by atoms with van der Waals surface area (Å²) in [6.45, 7) is 2.10. The molecule has 0 aliphatic heterocycles. The van der Waals surface area contributed by atoms with Crippen LogP contribution in [0.2, 0.25) is 0 Å². The molecule has 0 unspecified atom stereocenters. The maximum atomic E-state index is 13.4. The zero-order valence-corrected chi connectivity index (χ0v) is 16.4. The molecule has 3 rings (SSSR count). The lowest BCUT2D eigenvalue weighted by atomic mass is 10.1. The van der Waals surface area contributed by atoms with Gasteiger partial charge in [-0.2, -0.15) is 13.2 Å². The summed E-state index contributed by atoms with van der Waals surface area (Å²) in [5, 5.41) is -0.111. The highest BCUT2D eigenvalue weighted by atomic mass is 32.2. The Morgan fingerprint density at radius 2 is 1.79 bits per heavy atom. The Kier molecular flexibility index (Phi) is 6.24. The van der Waals surface area contributed by atoms with Crippen LogP contribution in [0.5, 0.6) is 0 Å². The van der Waals surface area contributed by atoms with Gasteiger partial charge in [-0.3, -0.25) is 0 Å². The van der Waals surface area contributed by atoms with Gasteiger partial charge in [0.1, 0.15) is 10.6 Å². The number of aryl methyl sites for hydroxylation is 1. The van der Waals surface area contributed by atoms with Crippen molar-refractivity contribution in [3.63, 3.8) is 0 Å². The van der Waals surface area contributed by atoms with Crippen LogP contribution in [-0.4, -0.2) is 17.0 Å². The van der Waals surface area contributed by atoms with Crippen molar-refractivity contribution in [2.75, 3.05) is 11.9 Å². The molecule has 146 valence electrons. The van der Waals surface area contributed by atoms with Crippen LogP contribution in [0.1, 0.15) is 24.5 Å². The summed E-state index contributed by atoms with van der Waals surface area (Å²) in [6.07, 6.45) is -1.71. The second-order valence-electron chi connectivity index (χ2n) is 6.28. The largest absolute Gasteiger partial charge is 0.420 e. The quantitative estimate of drug-likeness (QED) is 0.447. The molecule has 0 saturated heterocycles. The van der Waals surface area contributed by atoms with Crippen LogP contribution < -0.4 is 4.90 Å². The van der Waals surface area contributed by atoms with Crippen molar-refractivity contribution < 1.29 is 13.2 Å². The van der Waals surface area contributed by atoms with E-state index in [9.17, 15) is 13.2 Å². The number of aromatic nitrogens is 2. The molecular formula is C21H20F3N3S. The molecule has 0 spiro atoms. The summed E-state index contributed by atoms with van der Waals surface area (Å²) >= 11 is 0.981. The molecule has 0 N–H and O–H groups in total. The van der Waals surface area contributed by atoms with E-state index in [0.29, 0.717) is 4.90 Å². The second-order valence-corrected chi connectivity index (χ2v) is 7.34. The number of benzene rings is 2. The number of nitrogens with zero attached hydrogens (tertiary/aromatic N) is 3. The zero-order chi connectivity index (χ0) is 20.1. The zero-order valence-electron chi connectivity index (χ0n) is 15.6. The van der Waals surface area contributed by atoms with Gasteiger partial charge in [0.15, 0.2) is 0 Å². The molecule has 3 aromatic rings. The summed E-state index contributed by atoms with van der Waals surface area (Å²) in [5.41, 5.74) is 1.16. The Morgan fingerprint density at radius 1 is 1.04 bits per heavy atom. The number of hydrogen-bond donors (Lipinski definition) is 0. The molecule has 1 aromatic heterocycles. The van der Waals surface area contributed by atoms with Crippen LogP contribution in [0.4, 0.5) is 24.8 Å². The minimum absolute atomic E-state index is 0.111. The van der Waals surface area contributed by atoms with E-state index in [1.54, 1.807) is 36.2 Å². The summed E-state index contributed by atoms with van der Waals surface area (Å²) < 4.78 is 40.3. The molecule has 0 amide bonds. The van der Waals surface area contributed by atoms with Gasteiger partial charge in [-0.15, -0.1) is 0 Å². The van der Waals surface area contributed by atoms with Crippen LogP contribution in [0.3, 0.4) is 0 Å². The van der Waals surface area contributed by atoms with Crippen molar-refractivity contribution >= 4 is 23.4 Å². The molecule has 0 aliphatic carbocycles. The predicted octanol–water partition coefficient (Wildman–Crippen LogP) is 6.37. The molecule has 2 aromatic carbocycles. The van der Waals surface area contributed by atoms with Crippen molar-refractivity contribution in [2.45, 2.75) is 35.9 Å². The highest BCUT2D eigenvalue weighted by molar-refractivity contribution is 7.99. The van der Waals surface area contributed by atoms with E-state index < -0.39 is 11.7 Å². The highest BCUT2D eigenvalue weighted by Gasteiger charge is 2.35. The molecule has 0 aliphatic rings. The summed E-state index contributed by atoms with van der Waals surface area (Å²) in [7, 11) is 1.75. The summed E-state index contributed by atoms with van der Waals surface area (Å²) in [6, 6.07) is 16.8. The van der Waals surface area contributed by atoms with E-state index >= 15 is 0 Å². The molecular weight excluding hydrogens is 383 g/mol. The van der Waals surface area contributed by atoms with Gasteiger partial charge < -0.3 is 4.90 Å². The van der Waals surface area contributed by atoms with Gasteiger partial charge in [-0.25, -0.2) is 9.97 Å². The minimum atomic E-state index is -4.52. The van der Waals surface area contributed by atoms with Crippen LogP contribution in [0, 0.1) is 0 Å². The number of hydrogen-bond acceptors (Lipinski definition) is 4. The first-order valence-electron chi connectivity index (χ1n) is 8.88. The predicted molar refractivity (Wildman–Crippen MR) is 106 cm³/mol. The van der Waals surface area contributed by atoms with Crippen LogP contribution in [0.25, 0.3) is 0 Å². The smallest absolute Gasteiger partial charge is 0.314 e.